The van der Waals surface area contributed by atoms with Crippen LogP contribution in [-0.2, 0) is 22.5 Å². The molecule has 184 valence electrons. The van der Waals surface area contributed by atoms with Gasteiger partial charge in [0.05, 0.1) is 6.42 Å². The highest BCUT2D eigenvalue weighted by Crippen LogP contribution is 2.29. The molecule has 7 heteroatoms. The quantitative estimate of drug-likeness (QED) is 0.609. The number of likely N-dealkylation sites (tertiary alicyclic amines) is 1. The van der Waals surface area contributed by atoms with Crippen LogP contribution in [0.2, 0.25) is 13.1 Å². The number of rotatable bonds is 6. The summed E-state index contributed by atoms with van der Waals surface area (Å²) in [5, 5.41) is 3.77. The Bertz CT molecular complexity index is 1000. The van der Waals surface area contributed by atoms with E-state index in [9.17, 15) is 14.4 Å². The Morgan fingerprint density at radius 3 is 2.35 bits per heavy atom. The molecule has 0 aromatic heterocycles. The molecule has 1 aliphatic heterocycles. The molecule has 0 saturated carbocycles. The van der Waals surface area contributed by atoms with E-state index in [1.807, 2.05) is 75.2 Å². The van der Waals surface area contributed by atoms with Crippen LogP contribution >= 0.6 is 0 Å². The third kappa shape index (κ3) is 7.70. The van der Waals surface area contributed by atoms with E-state index in [4.69, 9.17) is 4.74 Å². The van der Waals surface area contributed by atoms with Gasteiger partial charge >= 0.3 is 6.09 Å². The third-order valence-electron chi connectivity index (χ3n) is 6.09. The molecular weight excluding hydrogens is 444 g/mol. The Morgan fingerprint density at radius 1 is 1.06 bits per heavy atom. The fourth-order valence-corrected chi connectivity index (χ4v) is 5.30. The zero-order valence-electron chi connectivity index (χ0n) is 21.1. The van der Waals surface area contributed by atoms with Crippen molar-refractivity contribution < 1.29 is 19.1 Å². The van der Waals surface area contributed by atoms with Crippen LogP contribution in [0.25, 0.3) is 0 Å². The summed E-state index contributed by atoms with van der Waals surface area (Å²) in [6.07, 6.45) is 1.80. The van der Waals surface area contributed by atoms with Gasteiger partial charge < -0.3 is 19.7 Å². The highest BCUT2D eigenvalue weighted by molar-refractivity contribution is 6.83. The number of nitrogens with zero attached hydrogens (tertiary/aromatic N) is 1. The fraction of sp³-hybridized carbons (Fsp3) is 0.481. The summed E-state index contributed by atoms with van der Waals surface area (Å²) in [4.78, 5) is 37.2. The van der Waals surface area contributed by atoms with Crippen molar-refractivity contribution in [3.05, 3.63) is 65.2 Å². The van der Waals surface area contributed by atoms with Crippen LogP contribution in [0.4, 0.5) is 4.79 Å². The zero-order chi connectivity index (χ0) is 24.9. The number of hydrogen-bond acceptors (Lipinski definition) is 4. The molecule has 0 bridgehead atoms. The van der Waals surface area contributed by atoms with Gasteiger partial charge in [0.25, 0.3) is 0 Å². The lowest BCUT2D eigenvalue weighted by Crippen LogP contribution is -2.42. The van der Waals surface area contributed by atoms with Crippen LogP contribution in [0.5, 0.6) is 0 Å². The number of hydrogen-bond donors (Lipinski definition) is 2. The molecule has 1 heterocycles. The molecule has 3 rings (SSSR count). The van der Waals surface area contributed by atoms with Crippen molar-refractivity contribution in [2.45, 2.75) is 71.2 Å². The van der Waals surface area contributed by atoms with E-state index in [1.54, 1.807) is 0 Å². The molecule has 1 aliphatic rings. The maximum absolute atomic E-state index is 12.9. The number of amides is 2. The number of carbonyl (C=O) groups excluding carboxylic acids is 2. The standard InChI is InChI=1S/C27H38N2O4Si/c1-27(2,3)33-26(31)28-19-21-9-6-10-23(16-21)22-12-14-29(15-13-22)25(30)18-20-8-7-11-24(17-20)34(4,5)32/h6-11,16-17,22,32H,12-15,18-19H2,1-5H3,(H,28,31). The molecule has 0 unspecified atom stereocenters. The summed E-state index contributed by atoms with van der Waals surface area (Å²) in [5.41, 5.74) is 2.73. The maximum Gasteiger partial charge on any atom is 0.407 e. The average Bonchev–Trinajstić information content (AvgIpc) is 2.76. The van der Waals surface area contributed by atoms with Crippen LogP contribution in [0.1, 0.15) is 56.2 Å². The lowest BCUT2D eigenvalue weighted by Gasteiger charge is -2.32. The molecule has 6 nitrogen and oxygen atoms in total. The molecule has 0 spiro atoms. The number of alkyl carbamates (subject to hydrolysis) is 1. The van der Waals surface area contributed by atoms with Crippen LogP contribution in [-0.4, -0.2) is 48.7 Å². The van der Waals surface area contributed by atoms with E-state index in [0.29, 0.717) is 18.9 Å². The first-order valence-electron chi connectivity index (χ1n) is 12.1. The van der Waals surface area contributed by atoms with Gasteiger partial charge in [0.15, 0.2) is 0 Å². The molecule has 2 N–H and O–H groups in total. The summed E-state index contributed by atoms with van der Waals surface area (Å²) in [6.45, 7) is 11.2. The molecule has 0 aliphatic carbocycles. The minimum absolute atomic E-state index is 0.142. The molecule has 0 radical (unpaired) electrons. The Morgan fingerprint density at radius 2 is 1.71 bits per heavy atom. The fourth-order valence-electron chi connectivity index (χ4n) is 4.26. The van der Waals surface area contributed by atoms with E-state index in [0.717, 1.165) is 42.2 Å². The smallest absolute Gasteiger partial charge is 0.407 e. The van der Waals surface area contributed by atoms with Crippen LogP contribution in [0.15, 0.2) is 48.5 Å². The van der Waals surface area contributed by atoms with Crippen LogP contribution in [0, 0.1) is 0 Å². The number of carbonyl (C=O) groups is 2. The molecule has 2 aromatic rings. The molecule has 0 atom stereocenters. The average molecular weight is 483 g/mol. The van der Waals surface area contributed by atoms with Crippen molar-refractivity contribution in [3.63, 3.8) is 0 Å². The highest BCUT2D eigenvalue weighted by Gasteiger charge is 2.25. The lowest BCUT2D eigenvalue weighted by molar-refractivity contribution is -0.131. The van der Waals surface area contributed by atoms with Crippen LogP contribution in [0.3, 0.4) is 0 Å². The molecule has 34 heavy (non-hydrogen) atoms. The predicted octanol–water partition coefficient (Wildman–Crippen LogP) is 4.06. The van der Waals surface area contributed by atoms with Gasteiger partial charge in [0.2, 0.25) is 14.2 Å². The van der Waals surface area contributed by atoms with Crippen molar-refractivity contribution >= 4 is 25.5 Å². The molecule has 1 saturated heterocycles. The van der Waals surface area contributed by atoms with Gasteiger partial charge in [-0.15, -0.1) is 0 Å². The SMILES string of the molecule is CC(C)(C)OC(=O)NCc1cccc(C2CCN(C(=O)Cc3cccc([Si](C)(C)O)c3)CC2)c1. The minimum atomic E-state index is -2.38. The first-order chi connectivity index (χ1) is 15.9. The second-order valence-corrected chi connectivity index (χ2v) is 14.4. The van der Waals surface area contributed by atoms with Gasteiger partial charge in [-0.2, -0.15) is 0 Å². The van der Waals surface area contributed by atoms with Gasteiger partial charge in [-0.1, -0.05) is 48.5 Å². The van der Waals surface area contributed by atoms with Crippen molar-refractivity contribution in [1.29, 1.82) is 0 Å². The molecule has 1 fully saturated rings. The summed E-state index contributed by atoms with van der Waals surface area (Å²) >= 11 is 0. The van der Waals surface area contributed by atoms with Crippen molar-refractivity contribution in [1.82, 2.24) is 10.2 Å². The van der Waals surface area contributed by atoms with Gasteiger partial charge in [-0.3, -0.25) is 4.79 Å². The first-order valence-corrected chi connectivity index (χ1v) is 15.0. The third-order valence-corrected chi connectivity index (χ3v) is 7.82. The van der Waals surface area contributed by atoms with Crippen molar-refractivity contribution in [3.8, 4) is 0 Å². The topological polar surface area (TPSA) is 78.9 Å². The Hall–Kier alpha value is -2.64. The molecule has 2 amide bonds. The van der Waals surface area contributed by atoms with E-state index >= 15 is 0 Å². The second-order valence-electron chi connectivity index (χ2n) is 10.7. The van der Waals surface area contributed by atoms with E-state index in [2.05, 4.69) is 17.4 Å². The Kier molecular flexibility index (Phi) is 8.20. The minimum Gasteiger partial charge on any atom is -0.444 e. The van der Waals surface area contributed by atoms with E-state index in [1.165, 1.54) is 5.56 Å². The number of nitrogens with one attached hydrogen (secondary N) is 1. The van der Waals surface area contributed by atoms with Crippen molar-refractivity contribution in [2.75, 3.05) is 13.1 Å². The highest BCUT2D eigenvalue weighted by atomic mass is 28.4. The van der Waals surface area contributed by atoms with E-state index in [-0.39, 0.29) is 5.91 Å². The Labute approximate surface area is 204 Å². The molecular formula is C27H38N2O4Si. The summed E-state index contributed by atoms with van der Waals surface area (Å²) in [7, 11) is -2.38. The number of piperidine rings is 1. The largest absolute Gasteiger partial charge is 0.444 e. The normalized spacial score (nSPS) is 15.2. The first kappa shape index (κ1) is 26.0. The van der Waals surface area contributed by atoms with E-state index < -0.39 is 20.0 Å². The van der Waals surface area contributed by atoms with Gasteiger partial charge in [-0.05, 0) is 74.5 Å². The second kappa shape index (κ2) is 10.7. The monoisotopic (exact) mass is 482 g/mol. The summed E-state index contributed by atoms with van der Waals surface area (Å²) in [6, 6.07) is 16.1. The summed E-state index contributed by atoms with van der Waals surface area (Å²) in [5.74, 6) is 0.540. The van der Waals surface area contributed by atoms with Crippen LogP contribution < -0.4 is 10.5 Å². The van der Waals surface area contributed by atoms with Gasteiger partial charge in [-0.25, -0.2) is 4.79 Å². The predicted molar refractivity (Wildman–Crippen MR) is 138 cm³/mol. The maximum atomic E-state index is 12.9. The van der Waals surface area contributed by atoms with Gasteiger partial charge in [0, 0.05) is 19.6 Å². The number of ether oxygens (including phenoxy) is 1. The zero-order valence-corrected chi connectivity index (χ0v) is 22.1. The summed E-state index contributed by atoms with van der Waals surface area (Å²) < 4.78 is 5.31. The number of benzene rings is 2. The Balaban J connectivity index is 1.52. The lowest BCUT2D eigenvalue weighted by atomic mass is 9.88. The van der Waals surface area contributed by atoms with Gasteiger partial charge in [0.1, 0.15) is 5.60 Å². The van der Waals surface area contributed by atoms with Crippen molar-refractivity contribution in [2.24, 2.45) is 0 Å². The molecule has 2 aromatic carbocycles.